The Morgan fingerprint density at radius 2 is 2.12 bits per heavy atom. The van der Waals surface area contributed by atoms with E-state index in [2.05, 4.69) is 0 Å². The van der Waals surface area contributed by atoms with Crippen LogP contribution in [0, 0.1) is 5.82 Å². The molecule has 16 heavy (non-hydrogen) atoms. The quantitative estimate of drug-likeness (QED) is 0.886. The molecule has 1 saturated carbocycles. The first-order chi connectivity index (χ1) is 7.53. The van der Waals surface area contributed by atoms with Gasteiger partial charge in [-0.15, -0.1) is 0 Å². The molecule has 1 aromatic carbocycles. The fraction of sp³-hybridized carbons (Fsp3) is 0.500. The summed E-state index contributed by atoms with van der Waals surface area (Å²) in [5.74, 6) is -0.0285. The predicted octanol–water partition coefficient (Wildman–Crippen LogP) is 2.87. The van der Waals surface area contributed by atoms with E-state index in [0.29, 0.717) is 5.75 Å². The molecule has 0 bridgehead atoms. The van der Waals surface area contributed by atoms with Gasteiger partial charge in [0.25, 0.3) is 0 Å². The van der Waals surface area contributed by atoms with Gasteiger partial charge in [-0.2, -0.15) is 0 Å². The van der Waals surface area contributed by atoms with Crippen LogP contribution in [0.25, 0.3) is 0 Å². The van der Waals surface area contributed by atoms with Gasteiger partial charge in [0, 0.05) is 17.0 Å². The smallest absolute Gasteiger partial charge is 0.145 e. The van der Waals surface area contributed by atoms with Crippen molar-refractivity contribution in [3.05, 3.63) is 28.5 Å². The van der Waals surface area contributed by atoms with Gasteiger partial charge in [-0.3, -0.25) is 0 Å². The van der Waals surface area contributed by atoms with Crippen molar-refractivity contribution in [1.29, 1.82) is 0 Å². The minimum absolute atomic E-state index is 0.0166. The number of rotatable bonds is 3. The molecule has 2 rings (SSSR count). The van der Waals surface area contributed by atoms with Gasteiger partial charge < -0.3 is 10.5 Å². The molecule has 1 unspecified atom stereocenters. The molecule has 1 aliphatic rings. The summed E-state index contributed by atoms with van der Waals surface area (Å²) in [6, 6.07) is 3.13. The van der Waals surface area contributed by atoms with Gasteiger partial charge in [0.1, 0.15) is 16.6 Å². The van der Waals surface area contributed by atoms with Gasteiger partial charge in [0.05, 0.1) is 7.11 Å². The third-order valence-electron chi connectivity index (χ3n) is 3.45. The van der Waals surface area contributed by atoms with Gasteiger partial charge in [0.15, 0.2) is 0 Å². The molecule has 0 amide bonds. The molecular weight excluding hydrogens is 229 g/mol. The number of halogens is 2. The Labute approximate surface area is 99.5 Å². The Kier molecular flexibility index (Phi) is 2.84. The lowest BCUT2D eigenvalue weighted by molar-refractivity contribution is 0.395. The van der Waals surface area contributed by atoms with Crippen molar-refractivity contribution in [1.82, 2.24) is 0 Å². The fourth-order valence-electron chi connectivity index (χ4n) is 2.23. The highest BCUT2D eigenvalue weighted by Crippen LogP contribution is 2.54. The number of nitrogens with two attached hydrogens (primary N) is 1. The van der Waals surface area contributed by atoms with Crippen molar-refractivity contribution in [2.24, 2.45) is 5.73 Å². The van der Waals surface area contributed by atoms with Crippen LogP contribution in [0.5, 0.6) is 5.75 Å². The monoisotopic (exact) mass is 243 g/mol. The molecule has 4 heteroatoms. The summed E-state index contributed by atoms with van der Waals surface area (Å²) in [4.78, 5) is 0. The van der Waals surface area contributed by atoms with Crippen LogP contribution in [0.4, 0.5) is 4.39 Å². The van der Waals surface area contributed by atoms with Crippen LogP contribution in [0.1, 0.15) is 25.3 Å². The van der Waals surface area contributed by atoms with Gasteiger partial charge >= 0.3 is 0 Å². The highest BCUT2D eigenvalue weighted by Gasteiger charge is 2.49. The lowest BCUT2D eigenvalue weighted by atomic mass is 9.88. The minimum atomic E-state index is -0.456. The Balaban J connectivity index is 2.54. The second kappa shape index (κ2) is 3.90. The number of methoxy groups -OCH3 is 1. The highest BCUT2D eigenvalue weighted by molar-refractivity contribution is 6.32. The lowest BCUT2D eigenvalue weighted by Gasteiger charge is -2.23. The average Bonchev–Trinajstić information content (AvgIpc) is 3.02. The Hall–Kier alpha value is -0.800. The molecule has 0 heterocycles. The van der Waals surface area contributed by atoms with E-state index in [-0.39, 0.29) is 16.5 Å². The van der Waals surface area contributed by atoms with Crippen LogP contribution in [-0.2, 0) is 5.41 Å². The van der Waals surface area contributed by atoms with Gasteiger partial charge in [-0.1, -0.05) is 17.7 Å². The van der Waals surface area contributed by atoms with E-state index in [1.54, 1.807) is 6.07 Å². The molecular formula is C12H15ClFNO. The normalized spacial score (nSPS) is 19.3. The fourth-order valence-corrected chi connectivity index (χ4v) is 2.47. The van der Waals surface area contributed by atoms with Crippen LogP contribution in [0.15, 0.2) is 12.1 Å². The first kappa shape index (κ1) is 11.7. The lowest BCUT2D eigenvalue weighted by Crippen LogP contribution is -2.32. The maximum atomic E-state index is 13.3. The minimum Gasteiger partial charge on any atom is -0.495 e. The zero-order valence-corrected chi connectivity index (χ0v) is 10.1. The SMILES string of the molecule is COc1c(C2(C(C)N)CC2)ccc(F)c1Cl. The third-order valence-corrected chi connectivity index (χ3v) is 3.80. The first-order valence-corrected chi connectivity index (χ1v) is 5.69. The average molecular weight is 244 g/mol. The maximum Gasteiger partial charge on any atom is 0.145 e. The molecule has 2 N–H and O–H groups in total. The third kappa shape index (κ3) is 1.59. The maximum absolute atomic E-state index is 13.3. The molecule has 2 nitrogen and oxygen atoms in total. The number of ether oxygens (including phenoxy) is 1. The van der Waals surface area contributed by atoms with Crippen molar-refractivity contribution < 1.29 is 9.13 Å². The van der Waals surface area contributed by atoms with E-state index in [1.165, 1.54) is 13.2 Å². The van der Waals surface area contributed by atoms with Gasteiger partial charge in [-0.05, 0) is 25.8 Å². The van der Waals surface area contributed by atoms with Crippen LogP contribution < -0.4 is 10.5 Å². The molecule has 1 aliphatic carbocycles. The molecule has 88 valence electrons. The van der Waals surface area contributed by atoms with E-state index in [9.17, 15) is 4.39 Å². The standard InChI is InChI=1S/C12H15ClFNO/c1-7(15)12(5-6-12)8-3-4-9(14)10(13)11(8)16-2/h3-4,7H,5-6,15H2,1-2H3. The molecule has 0 aliphatic heterocycles. The Bertz CT molecular complexity index is 416. The summed E-state index contributed by atoms with van der Waals surface area (Å²) in [6.45, 7) is 1.96. The molecule has 0 radical (unpaired) electrons. The highest BCUT2D eigenvalue weighted by atomic mass is 35.5. The molecule has 1 fully saturated rings. The van der Waals surface area contributed by atoms with Crippen LogP contribution in [-0.4, -0.2) is 13.2 Å². The summed E-state index contributed by atoms with van der Waals surface area (Å²) in [5.41, 5.74) is 6.83. The van der Waals surface area contributed by atoms with Crippen molar-refractivity contribution in [2.45, 2.75) is 31.2 Å². The summed E-state index contributed by atoms with van der Waals surface area (Å²) < 4.78 is 18.5. The van der Waals surface area contributed by atoms with Crippen molar-refractivity contribution in [3.63, 3.8) is 0 Å². The zero-order valence-electron chi connectivity index (χ0n) is 9.39. The van der Waals surface area contributed by atoms with Gasteiger partial charge in [-0.25, -0.2) is 4.39 Å². The van der Waals surface area contributed by atoms with E-state index < -0.39 is 5.82 Å². The van der Waals surface area contributed by atoms with E-state index in [0.717, 1.165) is 18.4 Å². The number of hydrogen-bond donors (Lipinski definition) is 1. The summed E-state index contributed by atoms with van der Waals surface area (Å²) >= 11 is 5.90. The van der Waals surface area contributed by atoms with Crippen LogP contribution in [0.2, 0.25) is 5.02 Å². The number of hydrogen-bond acceptors (Lipinski definition) is 2. The molecule has 0 saturated heterocycles. The second-order valence-electron chi connectivity index (χ2n) is 4.39. The molecule has 1 atom stereocenters. The van der Waals surface area contributed by atoms with Crippen molar-refractivity contribution >= 4 is 11.6 Å². The van der Waals surface area contributed by atoms with Crippen molar-refractivity contribution in [3.8, 4) is 5.75 Å². The van der Waals surface area contributed by atoms with Crippen LogP contribution in [0.3, 0.4) is 0 Å². The van der Waals surface area contributed by atoms with Crippen molar-refractivity contribution in [2.75, 3.05) is 7.11 Å². The zero-order chi connectivity index (χ0) is 11.9. The second-order valence-corrected chi connectivity index (χ2v) is 4.76. The molecule has 0 aromatic heterocycles. The summed E-state index contributed by atoms with van der Waals surface area (Å²) in [5, 5.41) is 0.0481. The first-order valence-electron chi connectivity index (χ1n) is 5.31. The summed E-state index contributed by atoms with van der Waals surface area (Å²) in [7, 11) is 1.50. The predicted molar refractivity (Wildman–Crippen MR) is 62.5 cm³/mol. The Morgan fingerprint density at radius 3 is 2.56 bits per heavy atom. The van der Waals surface area contributed by atoms with Crippen LogP contribution >= 0.6 is 11.6 Å². The molecule has 0 spiro atoms. The Morgan fingerprint density at radius 1 is 1.50 bits per heavy atom. The van der Waals surface area contributed by atoms with E-state index in [1.807, 2.05) is 6.92 Å². The van der Waals surface area contributed by atoms with E-state index >= 15 is 0 Å². The van der Waals surface area contributed by atoms with Gasteiger partial charge in [0.2, 0.25) is 0 Å². The molecule has 1 aromatic rings. The topological polar surface area (TPSA) is 35.2 Å². The largest absolute Gasteiger partial charge is 0.495 e. The summed E-state index contributed by atoms with van der Waals surface area (Å²) in [6.07, 6.45) is 2.01. The number of benzene rings is 1. The van der Waals surface area contributed by atoms with E-state index in [4.69, 9.17) is 22.1 Å².